The average molecular weight is 509 g/mol. The first-order chi connectivity index (χ1) is 16.0. The number of aryl methyl sites for hydroxylation is 1. The number of fused-ring (bicyclic) bond motifs is 1. The largest absolute Gasteiger partial charge is 0.274 e. The van der Waals surface area contributed by atoms with Gasteiger partial charge in [-0.2, -0.15) is 12.7 Å². The Morgan fingerprint density at radius 3 is 1.94 bits per heavy atom. The minimum Gasteiger partial charge on any atom is -0.274 e. The fourth-order valence-electron chi connectivity index (χ4n) is 3.66. The molecule has 0 bridgehead atoms. The van der Waals surface area contributed by atoms with Crippen LogP contribution in [0.3, 0.4) is 0 Å². The number of hydrogen-bond donors (Lipinski definition) is 0. The van der Waals surface area contributed by atoms with Gasteiger partial charge in [0.2, 0.25) is 10.0 Å². The van der Waals surface area contributed by atoms with E-state index in [1.165, 1.54) is 21.3 Å². The van der Waals surface area contributed by atoms with Crippen molar-refractivity contribution in [3.05, 3.63) is 65.2 Å². The fourth-order valence-corrected chi connectivity index (χ4v) is 5.60. The number of unbranched alkanes of at least 4 members (excludes halogenated alkanes) is 1. The molecule has 0 fully saturated rings. The Labute approximate surface area is 200 Å². The van der Waals surface area contributed by atoms with Crippen molar-refractivity contribution in [3.63, 3.8) is 0 Å². The summed E-state index contributed by atoms with van der Waals surface area (Å²) in [5.41, 5.74) is 1.68. The van der Waals surface area contributed by atoms with E-state index in [0.29, 0.717) is 24.0 Å². The molecule has 0 unspecified atom stereocenters. The number of imide groups is 1. The van der Waals surface area contributed by atoms with E-state index in [9.17, 15) is 26.4 Å². The number of rotatable bonds is 12. The lowest BCUT2D eigenvalue weighted by Crippen LogP contribution is -2.35. The van der Waals surface area contributed by atoms with Crippen molar-refractivity contribution in [2.45, 2.75) is 31.1 Å². The van der Waals surface area contributed by atoms with Crippen LogP contribution in [0.4, 0.5) is 0 Å². The molecule has 0 radical (unpaired) electrons. The molecule has 3 rings (SSSR count). The first-order valence-electron chi connectivity index (χ1n) is 10.9. The van der Waals surface area contributed by atoms with Crippen LogP contribution >= 0.6 is 0 Å². The molecule has 0 saturated carbocycles. The van der Waals surface area contributed by atoms with Crippen LogP contribution in [0.1, 0.15) is 45.5 Å². The van der Waals surface area contributed by atoms with Gasteiger partial charge in [0.15, 0.2) is 0 Å². The van der Waals surface area contributed by atoms with E-state index in [1.807, 2.05) is 6.92 Å². The van der Waals surface area contributed by atoms with Crippen molar-refractivity contribution in [2.24, 2.45) is 0 Å². The highest BCUT2D eigenvalue weighted by Crippen LogP contribution is 2.23. The van der Waals surface area contributed by atoms with Crippen LogP contribution in [0.25, 0.3) is 0 Å². The lowest BCUT2D eigenvalue weighted by Gasteiger charge is -2.23. The predicted molar refractivity (Wildman–Crippen MR) is 126 cm³/mol. The molecule has 0 aliphatic carbocycles. The summed E-state index contributed by atoms with van der Waals surface area (Å²) < 4.78 is 54.8. The Kier molecular flexibility index (Phi) is 8.24. The monoisotopic (exact) mass is 508 g/mol. The molecule has 34 heavy (non-hydrogen) atoms. The molecule has 1 aliphatic heterocycles. The minimum absolute atomic E-state index is 0.0682. The van der Waals surface area contributed by atoms with Crippen molar-refractivity contribution in [1.29, 1.82) is 0 Å². The molecule has 9 nitrogen and oxygen atoms in total. The summed E-state index contributed by atoms with van der Waals surface area (Å²) in [5.74, 6) is -0.690. The third-order valence-electron chi connectivity index (χ3n) is 5.43. The molecule has 0 saturated heterocycles. The molecule has 2 amide bonds. The third-order valence-corrected chi connectivity index (χ3v) is 7.93. The zero-order valence-corrected chi connectivity index (χ0v) is 20.8. The van der Waals surface area contributed by atoms with Crippen LogP contribution in [0.2, 0.25) is 0 Å². The predicted octanol–water partition coefficient (Wildman–Crippen LogP) is 2.43. The number of nitrogens with zero attached hydrogens (tertiary/aromatic N) is 2. The van der Waals surface area contributed by atoms with Crippen LogP contribution in [0.15, 0.2) is 53.4 Å². The molecule has 0 aromatic heterocycles. The number of benzene rings is 2. The van der Waals surface area contributed by atoms with E-state index in [2.05, 4.69) is 0 Å². The summed E-state index contributed by atoms with van der Waals surface area (Å²) in [6, 6.07) is 13.1. The topological polar surface area (TPSA) is 118 Å². The van der Waals surface area contributed by atoms with Crippen molar-refractivity contribution in [3.8, 4) is 0 Å². The molecule has 1 aliphatic rings. The normalized spacial score (nSPS) is 14.1. The highest BCUT2D eigenvalue weighted by Gasteiger charge is 2.34. The third kappa shape index (κ3) is 6.29. The Morgan fingerprint density at radius 2 is 1.38 bits per heavy atom. The van der Waals surface area contributed by atoms with Gasteiger partial charge in [-0.1, -0.05) is 29.8 Å². The summed E-state index contributed by atoms with van der Waals surface area (Å²) >= 11 is 0. The number of amides is 2. The van der Waals surface area contributed by atoms with E-state index >= 15 is 0 Å². The first kappa shape index (κ1) is 26.0. The Morgan fingerprint density at radius 1 is 0.824 bits per heavy atom. The molecular weight excluding hydrogens is 480 g/mol. The quantitative estimate of drug-likeness (QED) is 0.245. The molecule has 0 spiro atoms. The van der Waals surface area contributed by atoms with Crippen LogP contribution in [0, 0.1) is 6.92 Å². The molecule has 1 heterocycles. The molecule has 0 atom stereocenters. The standard InChI is InChI=1S/C23H28N2O7S2/c1-18-10-12-19(13-11-18)34(30,31)24(15-7-17-32-33(2,28)29)14-5-6-16-25-22(26)20-8-3-4-9-21(20)23(25)27/h3-4,8-13H,5-7,14-17H2,1-2H3. The second-order valence-electron chi connectivity index (χ2n) is 8.11. The lowest BCUT2D eigenvalue weighted by atomic mass is 10.1. The number of carbonyl (C=O) groups is 2. The number of hydrogen-bond acceptors (Lipinski definition) is 7. The molecule has 11 heteroatoms. The maximum absolute atomic E-state index is 13.2. The smallest absolute Gasteiger partial charge is 0.264 e. The summed E-state index contributed by atoms with van der Waals surface area (Å²) in [6.07, 6.45) is 1.96. The zero-order chi connectivity index (χ0) is 24.9. The van der Waals surface area contributed by atoms with E-state index < -0.39 is 20.1 Å². The van der Waals surface area contributed by atoms with Crippen LogP contribution in [-0.2, 0) is 24.3 Å². The fraction of sp³-hybridized carbons (Fsp3) is 0.391. The highest BCUT2D eigenvalue weighted by atomic mass is 32.2. The van der Waals surface area contributed by atoms with Crippen molar-refractivity contribution < 1.29 is 30.6 Å². The zero-order valence-electron chi connectivity index (χ0n) is 19.1. The van der Waals surface area contributed by atoms with Gasteiger partial charge in [0, 0.05) is 19.6 Å². The summed E-state index contributed by atoms with van der Waals surface area (Å²) in [6.45, 7) is 2.13. The van der Waals surface area contributed by atoms with Crippen LogP contribution in [-0.4, -0.2) is 70.4 Å². The average Bonchev–Trinajstić information content (AvgIpc) is 3.02. The van der Waals surface area contributed by atoms with E-state index in [1.54, 1.807) is 36.4 Å². The number of sulfonamides is 1. The summed E-state index contributed by atoms with van der Waals surface area (Å²) in [4.78, 5) is 26.3. The van der Waals surface area contributed by atoms with Crippen molar-refractivity contribution in [2.75, 3.05) is 32.5 Å². The second kappa shape index (κ2) is 10.8. The van der Waals surface area contributed by atoms with Gasteiger partial charge in [-0.25, -0.2) is 8.42 Å². The van der Waals surface area contributed by atoms with Gasteiger partial charge in [0.25, 0.3) is 21.9 Å². The van der Waals surface area contributed by atoms with E-state index in [0.717, 1.165) is 11.8 Å². The molecule has 2 aromatic carbocycles. The second-order valence-corrected chi connectivity index (χ2v) is 11.7. The van der Waals surface area contributed by atoms with Gasteiger partial charge in [-0.15, -0.1) is 0 Å². The van der Waals surface area contributed by atoms with Gasteiger partial charge >= 0.3 is 0 Å². The molecule has 184 valence electrons. The maximum atomic E-state index is 13.2. The van der Waals surface area contributed by atoms with Gasteiger partial charge in [0.05, 0.1) is 28.9 Å². The lowest BCUT2D eigenvalue weighted by molar-refractivity contribution is 0.0651. The highest BCUT2D eigenvalue weighted by molar-refractivity contribution is 7.89. The van der Waals surface area contributed by atoms with E-state index in [-0.39, 0.29) is 49.4 Å². The van der Waals surface area contributed by atoms with Gasteiger partial charge < -0.3 is 0 Å². The molecule has 2 aromatic rings. The maximum Gasteiger partial charge on any atom is 0.264 e. The van der Waals surface area contributed by atoms with Crippen molar-refractivity contribution >= 4 is 32.0 Å². The van der Waals surface area contributed by atoms with E-state index in [4.69, 9.17) is 4.18 Å². The number of carbonyl (C=O) groups excluding carboxylic acids is 2. The molecule has 0 N–H and O–H groups in total. The Balaban J connectivity index is 1.62. The van der Waals surface area contributed by atoms with Gasteiger partial charge in [0.1, 0.15) is 0 Å². The Hall–Kier alpha value is -2.60. The first-order valence-corrected chi connectivity index (χ1v) is 14.1. The summed E-state index contributed by atoms with van der Waals surface area (Å²) in [5, 5.41) is 0. The van der Waals surface area contributed by atoms with Crippen LogP contribution < -0.4 is 0 Å². The van der Waals surface area contributed by atoms with Gasteiger partial charge in [-0.3, -0.25) is 18.7 Å². The minimum atomic E-state index is -3.82. The SMILES string of the molecule is Cc1ccc(S(=O)(=O)N(CCCCN2C(=O)c3ccccc3C2=O)CCCOS(C)(=O)=O)cc1. The molecular formula is C23H28N2O7S2. The van der Waals surface area contributed by atoms with Crippen LogP contribution in [0.5, 0.6) is 0 Å². The summed E-state index contributed by atoms with van der Waals surface area (Å²) in [7, 11) is -7.43. The van der Waals surface area contributed by atoms with Gasteiger partial charge in [-0.05, 0) is 50.5 Å². The van der Waals surface area contributed by atoms with Crippen molar-refractivity contribution in [1.82, 2.24) is 9.21 Å². The Bertz CT molecular complexity index is 1220.